The van der Waals surface area contributed by atoms with Crippen LogP contribution in [0.15, 0.2) is 24.5 Å². The smallest absolute Gasteiger partial charge is 0.0519 e. The van der Waals surface area contributed by atoms with Crippen LogP contribution in [0.4, 0.5) is 0 Å². The van der Waals surface area contributed by atoms with Crippen LogP contribution in [0.1, 0.15) is 52.1 Å². The standard InChI is InChI=1S/C16H29N3/c1-6-16(7-2,19(8-3)9-4)15(17-5)14-11-10-12-18-13-14/h10-13,15,17H,6-9H2,1-5H3. The number of rotatable bonds is 8. The number of aromatic nitrogens is 1. The Hall–Kier alpha value is -0.930. The van der Waals surface area contributed by atoms with Crippen LogP contribution in [0.25, 0.3) is 0 Å². The van der Waals surface area contributed by atoms with E-state index >= 15 is 0 Å². The highest BCUT2D eigenvalue weighted by atomic mass is 15.2. The van der Waals surface area contributed by atoms with Crippen molar-refractivity contribution in [1.82, 2.24) is 15.2 Å². The molecule has 0 aliphatic rings. The molecule has 108 valence electrons. The quantitative estimate of drug-likeness (QED) is 0.780. The molecule has 0 amide bonds. The van der Waals surface area contributed by atoms with Gasteiger partial charge in [-0.25, -0.2) is 0 Å². The third-order valence-electron chi connectivity index (χ3n) is 4.46. The van der Waals surface area contributed by atoms with Crippen LogP contribution in [0, 0.1) is 0 Å². The van der Waals surface area contributed by atoms with E-state index in [1.54, 1.807) is 0 Å². The van der Waals surface area contributed by atoms with Gasteiger partial charge in [0.2, 0.25) is 0 Å². The van der Waals surface area contributed by atoms with Crippen molar-refractivity contribution in [2.24, 2.45) is 0 Å². The molecule has 0 bridgehead atoms. The van der Waals surface area contributed by atoms with Crippen LogP contribution in [0.5, 0.6) is 0 Å². The summed E-state index contributed by atoms with van der Waals surface area (Å²) in [6.45, 7) is 11.2. The lowest BCUT2D eigenvalue weighted by molar-refractivity contribution is 0.0514. The summed E-state index contributed by atoms with van der Waals surface area (Å²) in [5.74, 6) is 0. The van der Waals surface area contributed by atoms with E-state index in [0.717, 1.165) is 25.9 Å². The van der Waals surface area contributed by atoms with Gasteiger partial charge in [0, 0.05) is 17.9 Å². The van der Waals surface area contributed by atoms with E-state index in [0.29, 0.717) is 6.04 Å². The molecule has 3 nitrogen and oxygen atoms in total. The van der Waals surface area contributed by atoms with Gasteiger partial charge in [-0.2, -0.15) is 0 Å². The second-order valence-electron chi connectivity index (χ2n) is 4.99. The van der Waals surface area contributed by atoms with Gasteiger partial charge in [0.25, 0.3) is 0 Å². The van der Waals surface area contributed by atoms with Gasteiger partial charge in [0.05, 0.1) is 6.04 Å². The van der Waals surface area contributed by atoms with Crippen molar-refractivity contribution in [3.8, 4) is 0 Å². The molecule has 3 heteroatoms. The molecule has 1 unspecified atom stereocenters. The summed E-state index contributed by atoms with van der Waals surface area (Å²) in [6, 6.07) is 4.52. The van der Waals surface area contributed by atoms with E-state index in [4.69, 9.17) is 0 Å². The van der Waals surface area contributed by atoms with Gasteiger partial charge < -0.3 is 5.32 Å². The monoisotopic (exact) mass is 263 g/mol. The number of hydrogen-bond acceptors (Lipinski definition) is 3. The maximum absolute atomic E-state index is 4.29. The predicted molar refractivity (Wildman–Crippen MR) is 82.3 cm³/mol. The Kier molecular flexibility index (Phi) is 6.46. The van der Waals surface area contributed by atoms with Crippen molar-refractivity contribution in [3.63, 3.8) is 0 Å². The third kappa shape index (κ3) is 3.15. The second kappa shape index (κ2) is 7.61. The van der Waals surface area contributed by atoms with Crippen LogP contribution >= 0.6 is 0 Å². The van der Waals surface area contributed by atoms with E-state index < -0.39 is 0 Å². The molecule has 0 saturated heterocycles. The summed E-state index contributed by atoms with van der Waals surface area (Å²) >= 11 is 0. The van der Waals surface area contributed by atoms with Crippen molar-refractivity contribution >= 4 is 0 Å². The molecule has 0 aromatic carbocycles. The van der Waals surface area contributed by atoms with E-state index in [2.05, 4.69) is 56.0 Å². The van der Waals surface area contributed by atoms with Gasteiger partial charge >= 0.3 is 0 Å². The first-order chi connectivity index (χ1) is 9.19. The van der Waals surface area contributed by atoms with Crippen molar-refractivity contribution in [1.29, 1.82) is 0 Å². The van der Waals surface area contributed by atoms with Gasteiger partial charge in [-0.15, -0.1) is 0 Å². The van der Waals surface area contributed by atoms with Crippen LogP contribution in [-0.2, 0) is 0 Å². The maximum Gasteiger partial charge on any atom is 0.0519 e. The molecule has 1 rings (SSSR count). The molecule has 1 aromatic rings. The summed E-state index contributed by atoms with van der Waals surface area (Å²) in [5, 5.41) is 3.53. The second-order valence-corrected chi connectivity index (χ2v) is 4.99. The Morgan fingerprint density at radius 3 is 2.21 bits per heavy atom. The van der Waals surface area contributed by atoms with Crippen LogP contribution in [0.2, 0.25) is 0 Å². The lowest BCUT2D eigenvalue weighted by atomic mass is 9.79. The summed E-state index contributed by atoms with van der Waals surface area (Å²) in [6.07, 6.45) is 6.09. The van der Waals surface area contributed by atoms with Crippen LogP contribution < -0.4 is 5.32 Å². The van der Waals surface area contributed by atoms with E-state index in [1.807, 2.05) is 18.5 Å². The summed E-state index contributed by atoms with van der Waals surface area (Å²) in [5.41, 5.74) is 1.43. The highest BCUT2D eigenvalue weighted by molar-refractivity contribution is 5.20. The first kappa shape index (κ1) is 16.1. The molecule has 1 atom stereocenters. The molecule has 0 aliphatic heterocycles. The van der Waals surface area contributed by atoms with E-state index in [1.165, 1.54) is 5.56 Å². The fraction of sp³-hybridized carbons (Fsp3) is 0.688. The molecule has 1 heterocycles. The number of pyridine rings is 1. The summed E-state index contributed by atoms with van der Waals surface area (Å²) < 4.78 is 0. The molecular weight excluding hydrogens is 234 g/mol. The largest absolute Gasteiger partial charge is 0.311 e. The number of nitrogens with one attached hydrogen (secondary N) is 1. The van der Waals surface area contributed by atoms with Gasteiger partial charge in [0.1, 0.15) is 0 Å². The zero-order valence-corrected chi connectivity index (χ0v) is 13.1. The highest BCUT2D eigenvalue weighted by Gasteiger charge is 2.39. The molecule has 0 spiro atoms. The van der Waals surface area contributed by atoms with Gasteiger partial charge in [-0.05, 0) is 44.6 Å². The number of likely N-dealkylation sites (N-methyl/N-ethyl adjacent to an activating group) is 2. The normalized spacial score (nSPS) is 13.8. The first-order valence-electron chi connectivity index (χ1n) is 7.52. The molecule has 19 heavy (non-hydrogen) atoms. The Bertz CT molecular complexity index is 342. The van der Waals surface area contributed by atoms with Crippen molar-refractivity contribution in [2.75, 3.05) is 20.1 Å². The average molecular weight is 263 g/mol. The molecule has 1 N–H and O–H groups in total. The van der Waals surface area contributed by atoms with Crippen LogP contribution in [-0.4, -0.2) is 35.6 Å². The minimum absolute atomic E-state index is 0.154. The number of hydrogen-bond donors (Lipinski definition) is 1. The van der Waals surface area contributed by atoms with Gasteiger partial charge in [-0.1, -0.05) is 33.8 Å². The lowest BCUT2D eigenvalue weighted by Gasteiger charge is -2.48. The Morgan fingerprint density at radius 1 is 1.21 bits per heavy atom. The predicted octanol–water partition coefficient (Wildman–Crippen LogP) is 3.24. The molecule has 0 fully saturated rings. The van der Waals surface area contributed by atoms with Crippen molar-refractivity contribution in [2.45, 2.75) is 52.1 Å². The van der Waals surface area contributed by atoms with Gasteiger partial charge in [0.15, 0.2) is 0 Å². The molecular formula is C16H29N3. The summed E-state index contributed by atoms with van der Waals surface area (Å²) in [4.78, 5) is 6.87. The van der Waals surface area contributed by atoms with Gasteiger partial charge in [-0.3, -0.25) is 9.88 Å². The molecule has 1 aromatic heterocycles. The van der Waals surface area contributed by atoms with Crippen molar-refractivity contribution in [3.05, 3.63) is 30.1 Å². The minimum Gasteiger partial charge on any atom is -0.311 e. The molecule has 0 aliphatic carbocycles. The van der Waals surface area contributed by atoms with Crippen LogP contribution in [0.3, 0.4) is 0 Å². The Morgan fingerprint density at radius 2 is 1.84 bits per heavy atom. The molecule has 0 radical (unpaired) electrons. The third-order valence-corrected chi connectivity index (χ3v) is 4.46. The zero-order valence-electron chi connectivity index (χ0n) is 13.1. The fourth-order valence-corrected chi connectivity index (χ4v) is 3.43. The summed E-state index contributed by atoms with van der Waals surface area (Å²) in [7, 11) is 2.06. The first-order valence-corrected chi connectivity index (χ1v) is 7.52. The number of nitrogens with zero attached hydrogens (tertiary/aromatic N) is 2. The highest BCUT2D eigenvalue weighted by Crippen LogP contribution is 2.36. The molecule has 0 saturated carbocycles. The van der Waals surface area contributed by atoms with E-state index in [-0.39, 0.29) is 5.54 Å². The Balaban J connectivity index is 3.21. The topological polar surface area (TPSA) is 28.2 Å². The zero-order chi connectivity index (χ0) is 14.3. The Labute approximate surface area is 118 Å². The van der Waals surface area contributed by atoms with E-state index in [9.17, 15) is 0 Å². The SMILES string of the molecule is CCN(CC)C(CC)(CC)C(NC)c1cccnc1. The average Bonchev–Trinajstić information content (AvgIpc) is 2.48. The lowest BCUT2D eigenvalue weighted by Crippen LogP contribution is -2.55. The fourth-order valence-electron chi connectivity index (χ4n) is 3.43. The minimum atomic E-state index is 0.154. The van der Waals surface area contributed by atoms with Crippen molar-refractivity contribution < 1.29 is 0 Å². The maximum atomic E-state index is 4.29.